The lowest BCUT2D eigenvalue weighted by atomic mass is 9.93. The second-order valence-electron chi connectivity index (χ2n) is 5.68. The number of hydrogen-bond acceptors (Lipinski definition) is 3. The molecule has 0 aromatic heterocycles. The van der Waals surface area contributed by atoms with Gasteiger partial charge in [0.15, 0.2) is 0 Å². The topological polar surface area (TPSA) is 41.6 Å². The number of piperidine rings is 1. The zero-order valence-electron chi connectivity index (χ0n) is 11.9. The molecule has 0 saturated carbocycles. The van der Waals surface area contributed by atoms with Gasteiger partial charge in [-0.25, -0.2) is 0 Å². The lowest BCUT2D eigenvalue weighted by molar-refractivity contribution is -0.145. The van der Waals surface area contributed by atoms with Crippen molar-refractivity contribution in [3.8, 4) is 0 Å². The third-order valence-corrected chi connectivity index (χ3v) is 4.31. The minimum atomic E-state index is -0.159. The molecule has 3 atom stereocenters. The maximum Gasteiger partial charge on any atom is 0.218 e. The fourth-order valence-electron chi connectivity index (χ4n) is 3.39. The smallest absolute Gasteiger partial charge is 0.218 e. The van der Waals surface area contributed by atoms with Crippen LogP contribution in [0.15, 0.2) is 30.3 Å². The summed E-state index contributed by atoms with van der Waals surface area (Å²) in [6.45, 7) is 3.29. The first-order chi connectivity index (χ1) is 9.75. The Labute approximate surface area is 120 Å². The maximum atomic E-state index is 11.3. The monoisotopic (exact) mass is 274 g/mol. The zero-order chi connectivity index (χ0) is 13.9. The molecule has 20 heavy (non-hydrogen) atoms. The van der Waals surface area contributed by atoms with E-state index < -0.39 is 0 Å². The van der Waals surface area contributed by atoms with Gasteiger partial charge in [0.2, 0.25) is 5.91 Å². The average Bonchev–Trinajstić information content (AvgIpc) is 2.48. The number of ether oxygens (including phenoxy) is 1. The first-order valence-electron chi connectivity index (χ1n) is 7.45. The summed E-state index contributed by atoms with van der Waals surface area (Å²) in [6, 6.07) is 11.1. The van der Waals surface area contributed by atoms with Crippen LogP contribution in [0.1, 0.15) is 37.8 Å². The molecule has 2 fully saturated rings. The molecule has 1 N–H and O–H groups in total. The average molecular weight is 274 g/mol. The van der Waals surface area contributed by atoms with Crippen LogP contribution in [-0.4, -0.2) is 36.2 Å². The molecule has 2 aliphatic heterocycles. The van der Waals surface area contributed by atoms with Crippen molar-refractivity contribution in [1.82, 2.24) is 10.2 Å². The molecule has 108 valence electrons. The predicted octanol–water partition coefficient (Wildman–Crippen LogP) is 2.07. The molecule has 2 saturated heterocycles. The molecule has 0 radical (unpaired) electrons. The van der Waals surface area contributed by atoms with Gasteiger partial charge < -0.3 is 10.1 Å². The van der Waals surface area contributed by atoms with Gasteiger partial charge in [-0.05, 0) is 24.9 Å². The fraction of sp³-hybridized carbons (Fsp3) is 0.562. The van der Waals surface area contributed by atoms with Gasteiger partial charge in [0, 0.05) is 6.92 Å². The van der Waals surface area contributed by atoms with Gasteiger partial charge in [0.05, 0.1) is 18.7 Å². The van der Waals surface area contributed by atoms with Gasteiger partial charge >= 0.3 is 0 Å². The van der Waals surface area contributed by atoms with E-state index in [0.29, 0.717) is 18.7 Å². The third-order valence-electron chi connectivity index (χ3n) is 4.31. The van der Waals surface area contributed by atoms with Crippen LogP contribution in [0.4, 0.5) is 0 Å². The second kappa shape index (κ2) is 5.94. The second-order valence-corrected chi connectivity index (χ2v) is 5.68. The number of carbonyl (C=O) groups excluding carboxylic acids is 1. The van der Waals surface area contributed by atoms with Crippen LogP contribution in [-0.2, 0) is 9.53 Å². The largest absolute Gasteiger partial charge is 0.355 e. The Morgan fingerprint density at radius 1 is 1.30 bits per heavy atom. The lowest BCUT2D eigenvalue weighted by Crippen LogP contribution is -2.60. The molecule has 0 bridgehead atoms. The number of benzene rings is 1. The number of nitrogens with one attached hydrogen (secondary N) is 1. The van der Waals surface area contributed by atoms with E-state index in [2.05, 4.69) is 34.5 Å². The van der Waals surface area contributed by atoms with Gasteiger partial charge in [0.25, 0.3) is 0 Å². The highest BCUT2D eigenvalue weighted by Crippen LogP contribution is 2.34. The van der Waals surface area contributed by atoms with Crippen LogP contribution in [0.2, 0.25) is 0 Å². The molecule has 2 aliphatic rings. The molecule has 4 nitrogen and oxygen atoms in total. The molecule has 1 aromatic rings. The Balaban J connectivity index is 1.80. The van der Waals surface area contributed by atoms with Gasteiger partial charge in [-0.3, -0.25) is 9.69 Å². The van der Waals surface area contributed by atoms with Crippen LogP contribution in [0.25, 0.3) is 0 Å². The van der Waals surface area contributed by atoms with E-state index in [4.69, 9.17) is 4.74 Å². The van der Waals surface area contributed by atoms with Crippen molar-refractivity contribution in [2.75, 3.05) is 13.2 Å². The highest BCUT2D eigenvalue weighted by molar-refractivity contribution is 5.73. The summed E-state index contributed by atoms with van der Waals surface area (Å²) in [7, 11) is 0. The van der Waals surface area contributed by atoms with Crippen LogP contribution in [0, 0.1) is 0 Å². The number of fused-ring (bicyclic) bond motifs is 1. The van der Waals surface area contributed by atoms with E-state index in [1.165, 1.54) is 18.4 Å². The summed E-state index contributed by atoms with van der Waals surface area (Å²) in [5.41, 5.74) is 1.31. The summed E-state index contributed by atoms with van der Waals surface area (Å²) in [5.74, 6) is -0.0151. The van der Waals surface area contributed by atoms with Gasteiger partial charge in [0.1, 0.15) is 6.23 Å². The quantitative estimate of drug-likeness (QED) is 0.897. The van der Waals surface area contributed by atoms with Crippen LogP contribution >= 0.6 is 0 Å². The van der Waals surface area contributed by atoms with Crippen LogP contribution in [0.5, 0.6) is 0 Å². The number of rotatable bonds is 2. The maximum absolute atomic E-state index is 11.3. The Morgan fingerprint density at radius 3 is 2.85 bits per heavy atom. The zero-order valence-corrected chi connectivity index (χ0v) is 11.9. The minimum absolute atomic E-state index is 0.0151. The SMILES string of the molecule is CC(=O)NC1OCC(c2ccccc2)N2CCCCC12. The molecule has 2 heterocycles. The van der Waals surface area contributed by atoms with E-state index in [0.717, 1.165) is 13.0 Å². The van der Waals surface area contributed by atoms with E-state index in [1.807, 2.05) is 6.07 Å². The Morgan fingerprint density at radius 2 is 2.10 bits per heavy atom. The normalized spacial score (nSPS) is 30.6. The van der Waals surface area contributed by atoms with Crippen LogP contribution < -0.4 is 5.32 Å². The number of nitrogens with zero attached hydrogens (tertiary/aromatic N) is 1. The van der Waals surface area contributed by atoms with Crippen molar-refractivity contribution in [3.63, 3.8) is 0 Å². The molecule has 4 heteroatoms. The van der Waals surface area contributed by atoms with Crippen molar-refractivity contribution in [2.45, 2.75) is 44.5 Å². The molecule has 1 amide bonds. The molecule has 0 aliphatic carbocycles. The molecule has 1 aromatic carbocycles. The van der Waals surface area contributed by atoms with E-state index >= 15 is 0 Å². The third kappa shape index (κ3) is 2.72. The Bertz CT molecular complexity index is 463. The molecular formula is C16H22N2O2. The van der Waals surface area contributed by atoms with Crippen molar-refractivity contribution >= 4 is 5.91 Å². The van der Waals surface area contributed by atoms with Crippen molar-refractivity contribution in [1.29, 1.82) is 0 Å². The first kappa shape index (κ1) is 13.6. The van der Waals surface area contributed by atoms with Crippen LogP contribution in [0.3, 0.4) is 0 Å². The van der Waals surface area contributed by atoms with E-state index in [-0.39, 0.29) is 12.1 Å². The Kier molecular flexibility index (Phi) is 4.03. The summed E-state index contributed by atoms with van der Waals surface area (Å²) in [5, 5.41) is 2.95. The first-order valence-corrected chi connectivity index (χ1v) is 7.45. The van der Waals surface area contributed by atoms with Crippen molar-refractivity contribution < 1.29 is 9.53 Å². The standard InChI is InChI=1S/C16H22N2O2/c1-12(19)17-16-14-9-5-6-10-18(14)15(11-20-16)13-7-3-2-4-8-13/h2-4,7-8,14-16H,5-6,9-11H2,1H3,(H,17,19). The van der Waals surface area contributed by atoms with Gasteiger partial charge in [-0.2, -0.15) is 0 Å². The molecule has 3 unspecified atom stereocenters. The number of amides is 1. The summed E-state index contributed by atoms with van der Waals surface area (Å²) in [4.78, 5) is 13.8. The Hall–Kier alpha value is -1.39. The predicted molar refractivity (Wildman–Crippen MR) is 77.1 cm³/mol. The highest BCUT2D eigenvalue weighted by atomic mass is 16.5. The van der Waals surface area contributed by atoms with Crippen molar-refractivity contribution in [2.24, 2.45) is 0 Å². The summed E-state index contributed by atoms with van der Waals surface area (Å²) < 4.78 is 5.95. The molecule has 3 rings (SSSR count). The lowest BCUT2D eigenvalue weighted by Gasteiger charge is -2.48. The number of carbonyl (C=O) groups is 1. The van der Waals surface area contributed by atoms with E-state index in [1.54, 1.807) is 6.92 Å². The van der Waals surface area contributed by atoms with Crippen molar-refractivity contribution in [3.05, 3.63) is 35.9 Å². The van der Waals surface area contributed by atoms with Gasteiger partial charge in [-0.15, -0.1) is 0 Å². The highest BCUT2D eigenvalue weighted by Gasteiger charge is 2.40. The summed E-state index contributed by atoms with van der Waals surface area (Å²) >= 11 is 0. The minimum Gasteiger partial charge on any atom is -0.355 e. The number of morpholine rings is 1. The van der Waals surface area contributed by atoms with Gasteiger partial charge in [-0.1, -0.05) is 36.8 Å². The van der Waals surface area contributed by atoms with E-state index in [9.17, 15) is 4.79 Å². The molecule has 0 spiro atoms. The molecular weight excluding hydrogens is 252 g/mol. The summed E-state index contributed by atoms with van der Waals surface area (Å²) in [6.07, 6.45) is 3.37. The fourth-order valence-corrected chi connectivity index (χ4v) is 3.39. The number of hydrogen-bond donors (Lipinski definition) is 1.